The van der Waals surface area contributed by atoms with Crippen molar-refractivity contribution in [1.29, 1.82) is 0 Å². The summed E-state index contributed by atoms with van der Waals surface area (Å²) in [6, 6.07) is 15.6. The molecule has 1 amide bonds. The third-order valence-electron chi connectivity index (χ3n) is 4.63. The molecule has 0 aromatic heterocycles. The molecule has 0 saturated carbocycles. The van der Waals surface area contributed by atoms with Crippen LogP contribution in [0.25, 0.3) is 0 Å². The lowest BCUT2D eigenvalue weighted by Crippen LogP contribution is -2.28. The van der Waals surface area contributed by atoms with Crippen molar-refractivity contribution in [3.63, 3.8) is 0 Å². The Labute approximate surface area is 201 Å². The van der Waals surface area contributed by atoms with Crippen molar-refractivity contribution in [3.8, 4) is 11.8 Å². The smallest absolute Gasteiger partial charge is 0.337 e. The first-order valence-corrected chi connectivity index (χ1v) is 11.7. The van der Waals surface area contributed by atoms with Gasteiger partial charge in [0.05, 0.1) is 17.6 Å². The minimum Gasteiger partial charge on any atom is -0.465 e. The quantitative estimate of drug-likeness (QED) is 0.384. The van der Waals surface area contributed by atoms with Crippen LogP contribution in [0.3, 0.4) is 0 Å². The second-order valence-electron chi connectivity index (χ2n) is 7.18. The number of halogens is 2. The highest BCUT2D eigenvalue weighted by atomic mass is 32.2. The fourth-order valence-electron chi connectivity index (χ4n) is 2.91. The molecule has 0 aliphatic rings. The highest BCUT2D eigenvalue weighted by molar-refractivity contribution is 7.89. The summed E-state index contributed by atoms with van der Waals surface area (Å²) in [5, 5.41) is 2.64. The van der Waals surface area contributed by atoms with Gasteiger partial charge in [-0.3, -0.25) is 4.79 Å². The molecule has 0 saturated heterocycles. The third kappa shape index (κ3) is 7.20. The number of nitrogens with one attached hydrogen (secondary N) is 2. The molecule has 10 heteroatoms. The molecule has 0 aliphatic carbocycles. The standard InChI is InChI=1S/C25H20F2N2O5S/c1-34-25(31)19-6-2-4-17(14-19)8-9-18-5-3-7-20(15-18)29-24(30)12-13-28-35(32,33)21-10-11-22(26)23(27)16-21/h2-7,10-11,14-16,28H,12-13H2,1H3,(H,29,30). The SMILES string of the molecule is COC(=O)c1cccc(C#Cc2cccc(NC(=O)CCNS(=O)(=O)c3ccc(F)c(F)c3)c2)c1. The second kappa shape index (κ2) is 11.4. The molecule has 0 fully saturated rings. The molecule has 3 aromatic carbocycles. The third-order valence-corrected chi connectivity index (χ3v) is 6.09. The molecule has 3 aromatic rings. The van der Waals surface area contributed by atoms with Gasteiger partial charge in [0.1, 0.15) is 0 Å². The van der Waals surface area contributed by atoms with Gasteiger partial charge in [0, 0.05) is 29.8 Å². The number of ether oxygens (including phenoxy) is 1. The van der Waals surface area contributed by atoms with Crippen molar-refractivity contribution in [3.05, 3.63) is 95.1 Å². The van der Waals surface area contributed by atoms with E-state index in [2.05, 4.69) is 21.9 Å². The highest BCUT2D eigenvalue weighted by Gasteiger charge is 2.16. The molecule has 0 unspecified atom stereocenters. The summed E-state index contributed by atoms with van der Waals surface area (Å²) >= 11 is 0. The lowest BCUT2D eigenvalue weighted by atomic mass is 10.1. The summed E-state index contributed by atoms with van der Waals surface area (Å²) in [5.74, 6) is 2.50. The van der Waals surface area contributed by atoms with Gasteiger partial charge in [-0.25, -0.2) is 26.7 Å². The van der Waals surface area contributed by atoms with Crippen LogP contribution in [0.4, 0.5) is 14.5 Å². The molecule has 0 atom stereocenters. The second-order valence-corrected chi connectivity index (χ2v) is 8.94. The van der Waals surface area contributed by atoms with Gasteiger partial charge in [0.25, 0.3) is 0 Å². The lowest BCUT2D eigenvalue weighted by Gasteiger charge is -2.08. The molecule has 0 heterocycles. The number of carbonyl (C=O) groups is 2. The number of benzene rings is 3. The van der Waals surface area contributed by atoms with E-state index in [1.165, 1.54) is 7.11 Å². The average molecular weight is 499 g/mol. The number of hydrogen-bond acceptors (Lipinski definition) is 5. The van der Waals surface area contributed by atoms with Crippen LogP contribution in [0.5, 0.6) is 0 Å². The first-order valence-electron chi connectivity index (χ1n) is 10.2. The van der Waals surface area contributed by atoms with E-state index in [1.54, 1.807) is 48.5 Å². The fourth-order valence-corrected chi connectivity index (χ4v) is 3.95. The number of rotatable bonds is 7. The fraction of sp³-hybridized carbons (Fsp3) is 0.120. The van der Waals surface area contributed by atoms with Gasteiger partial charge in [-0.15, -0.1) is 0 Å². The molecule has 35 heavy (non-hydrogen) atoms. The Morgan fingerprint density at radius 1 is 0.914 bits per heavy atom. The summed E-state index contributed by atoms with van der Waals surface area (Å²) in [6.45, 7) is -0.247. The first kappa shape index (κ1) is 25.6. The van der Waals surface area contributed by atoms with Gasteiger partial charge in [-0.1, -0.05) is 24.0 Å². The average Bonchev–Trinajstić information content (AvgIpc) is 2.84. The van der Waals surface area contributed by atoms with Crippen LogP contribution < -0.4 is 10.0 Å². The summed E-state index contributed by atoms with van der Waals surface area (Å²) in [4.78, 5) is 23.4. The Morgan fingerprint density at radius 3 is 2.29 bits per heavy atom. The molecule has 0 spiro atoms. The molecule has 7 nitrogen and oxygen atoms in total. The topological polar surface area (TPSA) is 102 Å². The summed E-state index contributed by atoms with van der Waals surface area (Å²) in [6.07, 6.45) is -0.195. The molecular formula is C25H20F2N2O5S. The maximum Gasteiger partial charge on any atom is 0.337 e. The van der Waals surface area contributed by atoms with Gasteiger partial charge in [0.15, 0.2) is 11.6 Å². The van der Waals surface area contributed by atoms with Gasteiger partial charge in [-0.2, -0.15) is 0 Å². The summed E-state index contributed by atoms with van der Waals surface area (Å²) < 4.78 is 57.5. The molecule has 3 rings (SSSR count). The van der Waals surface area contributed by atoms with Crippen molar-refractivity contribution in [2.45, 2.75) is 11.3 Å². The Bertz CT molecular complexity index is 1430. The molecule has 180 valence electrons. The van der Waals surface area contributed by atoms with E-state index in [9.17, 15) is 26.8 Å². The van der Waals surface area contributed by atoms with Crippen LogP contribution in [-0.4, -0.2) is 33.9 Å². The first-order chi connectivity index (χ1) is 16.7. The molecule has 0 bridgehead atoms. The maximum absolute atomic E-state index is 13.3. The Morgan fingerprint density at radius 2 is 1.60 bits per heavy atom. The number of amides is 1. The zero-order chi connectivity index (χ0) is 25.4. The summed E-state index contributed by atoms with van der Waals surface area (Å²) in [5.41, 5.74) is 2.04. The Kier molecular flexibility index (Phi) is 8.30. The van der Waals surface area contributed by atoms with E-state index in [4.69, 9.17) is 4.74 Å². The van der Waals surface area contributed by atoms with Crippen molar-refractivity contribution in [2.24, 2.45) is 0 Å². The molecule has 2 N–H and O–H groups in total. The van der Waals surface area contributed by atoms with Crippen LogP contribution in [0.15, 0.2) is 71.6 Å². The molecular weight excluding hydrogens is 478 g/mol. The Hall–Kier alpha value is -4.07. The van der Waals surface area contributed by atoms with E-state index in [0.29, 0.717) is 34.5 Å². The Balaban J connectivity index is 1.58. The molecule has 0 aliphatic heterocycles. The number of methoxy groups -OCH3 is 1. The van der Waals surface area contributed by atoms with Gasteiger partial charge in [-0.05, 0) is 54.6 Å². The van der Waals surface area contributed by atoms with Gasteiger partial charge < -0.3 is 10.1 Å². The van der Waals surface area contributed by atoms with Crippen LogP contribution >= 0.6 is 0 Å². The minimum absolute atomic E-state index is 0.195. The van der Waals surface area contributed by atoms with Crippen LogP contribution in [0.1, 0.15) is 27.9 Å². The van der Waals surface area contributed by atoms with E-state index < -0.39 is 38.4 Å². The van der Waals surface area contributed by atoms with E-state index in [1.807, 2.05) is 0 Å². The van der Waals surface area contributed by atoms with Gasteiger partial charge >= 0.3 is 5.97 Å². The highest BCUT2D eigenvalue weighted by Crippen LogP contribution is 2.14. The predicted octanol–water partition coefficient (Wildman–Crippen LogP) is 3.46. The van der Waals surface area contributed by atoms with Crippen LogP contribution in [-0.2, 0) is 19.6 Å². The zero-order valence-corrected chi connectivity index (χ0v) is 19.3. The van der Waals surface area contributed by atoms with Crippen molar-refractivity contribution >= 4 is 27.6 Å². The van der Waals surface area contributed by atoms with Crippen molar-refractivity contribution < 1.29 is 31.5 Å². The molecule has 0 radical (unpaired) electrons. The van der Waals surface area contributed by atoms with Crippen LogP contribution in [0.2, 0.25) is 0 Å². The number of hydrogen-bond donors (Lipinski definition) is 2. The number of sulfonamides is 1. The van der Waals surface area contributed by atoms with E-state index >= 15 is 0 Å². The van der Waals surface area contributed by atoms with Gasteiger partial charge in [0.2, 0.25) is 15.9 Å². The minimum atomic E-state index is -4.10. The summed E-state index contributed by atoms with van der Waals surface area (Å²) in [7, 11) is -2.81. The lowest BCUT2D eigenvalue weighted by molar-refractivity contribution is -0.116. The number of anilines is 1. The predicted molar refractivity (Wildman–Crippen MR) is 125 cm³/mol. The monoisotopic (exact) mass is 498 g/mol. The van der Waals surface area contributed by atoms with E-state index in [-0.39, 0.29) is 13.0 Å². The zero-order valence-electron chi connectivity index (χ0n) is 18.5. The number of carbonyl (C=O) groups excluding carboxylic acids is 2. The van der Waals surface area contributed by atoms with Crippen molar-refractivity contribution in [2.75, 3.05) is 19.0 Å². The van der Waals surface area contributed by atoms with E-state index in [0.717, 1.165) is 6.07 Å². The normalized spacial score (nSPS) is 10.7. The maximum atomic E-state index is 13.3. The van der Waals surface area contributed by atoms with Crippen molar-refractivity contribution in [1.82, 2.24) is 4.72 Å². The van der Waals surface area contributed by atoms with Crippen LogP contribution in [0, 0.1) is 23.5 Å². The largest absolute Gasteiger partial charge is 0.465 e. The number of esters is 1.